The van der Waals surface area contributed by atoms with Gasteiger partial charge in [0.1, 0.15) is 0 Å². The van der Waals surface area contributed by atoms with Gasteiger partial charge in [-0.15, -0.1) is 0 Å². The number of nitriles is 2. The van der Waals surface area contributed by atoms with Crippen molar-refractivity contribution < 1.29 is 9.47 Å². The molecule has 0 aliphatic rings. The molecule has 0 heterocycles. The van der Waals surface area contributed by atoms with Crippen LogP contribution in [0.1, 0.15) is 27.7 Å². The Hall–Kier alpha value is -1.94. The molecule has 90 valence electrons. The molecule has 0 atom stereocenters. The lowest BCUT2D eigenvalue weighted by molar-refractivity contribution is 0.291. The highest BCUT2D eigenvalue weighted by Crippen LogP contribution is 1.71. The lowest BCUT2D eigenvalue weighted by atomic mass is 10.5. The number of nitrogens with zero attached hydrogens (tertiary/aromatic N) is 2. The van der Waals surface area contributed by atoms with Crippen LogP contribution < -0.4 is 0 Å². The van der Waals surface area contributed by atoms with Crippen LogP contribution in [0.3, 0.4) is 0 Å². The zero-order valence-electron chi connectivity index (χ0n) is 10.4. The third kappa shape index (κ3) is 57.6. The molecule has 0 aliphatic heterocycles. The molecule has 0 amide bonds. The predicted molar refractivity (Wildman–Crippen MR) is 64.1 cm³/mol. The van der Waals surface area contributed by atoms with Crippen molar-refractivity contribution in [1.82, 2.24) is 0 Å². The van der Waals surface area contributed by atoms with Crippen LogP contribution in [0.5, 0.6) is 0 Å². The zero-order valence-corrected chi connectivity index (χ0v) is 10.4. The van der Waals surface area contributed by atoms with Gasteiger partial charge in [-0.05, 0) is 27.7 Å². The fraction of sp³-hybridized carbons (Fsp3) is 0.500. The van der Waals surface area contributed by atoms with Crippen molar-refractivity contribution in [3.8, 4) is 12.5 Å². The van der Waals surface area contributed by atoms with Gasteiger partial charge >= 0.3 is 0 Å². The van der Waals surface area contributed by atoms with Gasteiger partial charge in [-0.1, -0.05) is 24.3 Å². The lowest BCUT2D eigenvalue weighted by Crippen LogP contribution is -1.73. The Morgan fingerprint density at radius 1 is 0.875 bits per heavy atom. The van der Waals surface area contributed by atoms with E-state index >= 15 is 0 Å². The number of hydrogen-bond acceptors (Lipinski definition) is 4. The van der Waals surface area contributed by atoms with Crippen molar-refractivity contribution in [3.63, 3.8) is 0 Å². The highest BCUT2D eigenvalue weighted by Gasteiger charge is 1.60. The van der Waals surface area contributed by atoms with Gasteiger partial charge in [0.2, 0.25) is 0 Å². The van der Waals surface area contributed by atoms with E-state index in [0.29, 0.717) is 13.2 Å². The first-order valence-electron chi connectivity index (χ1n) is 5.00. The molecule has 16 heavy (non-hydrogen) atoms. The molecule has 0 unspecified atom stereocenters. The van der Waals surface area contributed by atoms with Gasteiger partial charge in [-0.2, -0.15) is 10.5 Å². The summed E-state index contributed by atoms with van der Waals surface area (Å²) in [4.78, 5) is 0. The fourth-order valence-electron chi connectivity index (χ4n) is 0.351. The van der Waals surface area contributed by atoms with Crippen LogP contribution in [0, 0.1) is 23.0 Å². The van der Waals surface area contributed by atoms with Gasteiger partial charge in [-0.3, -0.25) is 0 Å². The second-order valence-corrected chi connectivity index (χ2v) is 2.10. The molecule has 0 aromatic rings. The van der Waals surface area contributed by atoms with E-state index in [1.165, 1.54) is 12.5 Å². The van der Waals surface area contributed by atoms with Gasteiger partial charge < -0.3 is 9.47 Å². The number of hydrogen-bond donors (Lipinski definition) is 0. The van der Waals surface area contributed by atoms with Crippen molar-refractivity contribution in [1.29, 1.82) is 10.5 Å². The molecule has 0 aromatic carbocycles. The van der Waals surface area contributed by atoms with E-state index in [9.17, 15) is 0 Å². The summed E-state index contributed by atoms with van der Waals surface area (Å²) in [7, 11) is 0. The average Bonchev–Trinajstić information content (AvgIpc) is 2.30. The maximum Gasteiger partial charge on any atom is 0.286 e. The zero-order chi connectivity index (χ0) is 13.1. The number of rotatable bonds is 3. The molecule has 4 nitrogen and oxygen atoms in total. The molecule has 0 fully saturated rings. The molecule has 0 rings (SSSR count). The molecule has 0 radical (unpaired) electrons. The second-order valence-electron chi connectivity index (χ2n) is 2.10. The second kappa shape index (κ2) is 29.2. The predicted octanol–water partition coefficient (Wildman–Crippen LogP) is 3.15. The first-order chi connectivity index (χ1) is 7.74. The van der Waals surface area contributed by atoms with Gasteiger partial charge in [0, 0.05) is 0 Å². The van der Waals surface area contributed by atoms with Crippen LogP contribution in [-0.2, 0) is 9.47 Å². The van der Waals surface area contributed by atoms with Crippen LogP contribution in [-0.4, -0.2) is 13.2 Å². The van der Waals surface area contributed by atoms with Crippen molar-refractivity contribution in [2.24, 2.45) is 0 Å². The standard InChI is InChI=1S/C6H10.2C3H5NO/c1-3-5-6-4-2;2*1-2-5-3-4/h3-6H,1-2H3;2*2H2,1H3/b5-3-,6-4-;;. The summed E-state index contributed by atoms with van der Waals surface area (Å²) in [5, 5.41) is 15.2. The third-order valence-electron chi connectivity index (χ3n) is 0.914. The van der Waals surface area contributed by atoms with Crippen LogP contribution in [0.4, 0.5) is 0 Å². The summed E-state index contributed by atoms with van der Waals surface area (Å²) in [5.74, 6) is 0. The van der Waals surface area contributed by atoms with Crippen molar-refractivity contribution >= 4 is 0 Å². The molecule has 0 aliphatic carbocycles. The Morgan fingerprint density at radius 2 is 1.19 bits per heavy atom. The summed E-state index contributed by atoms with van der Waals surface area (Å²) < 4.78 is 8.28. The Morgan fingerprint density at radius 3 is 1.25 bits per heavy atom. The van der Waals surface area contributed by atoms with Gasteiger partial charge in [0.15, 0.2) is 0 Å². The highest BCUT2D eigenvalue weighted by atomic mass is 16.5. The molecular weight excluding hydrogens is 204 g/mol. The smallest absolute Gasteiger partial charge is 0.286 e. The number of allylic oxidation sites excluding steroid dienone is 4. The fourth-order valence-corrected chi connectivity index (χ4v) is 0.351. The highest BCUT2D eigenvalue weighted by molar-refractivity contribution is 4.98. The van der Waals surface area contributed by atoms with Gasteiger partial charge in [-0.25, -0.2) is 0 Å². The molecule has 4 heteroatoms. The van der Waals surface area contributed by atoms with E-state index < -0.39 is 0 Å². The summed E-state index contributed by atoms with van der Waals surface area (Å²) in [6, 6.07) is 0. The molecule has 0 aromatic heterocycles. The Labute approximate surface area is 98.4 Å². The van der Waals surface area contributed by atoms with E-state index in [4.69, 9.17) is 10.5 Å². The van der Waals surface area contributed by atoms with Crippen LogP contribution in [0.2, 0.25) is 0 Å². The van der Waals surface area contributed by atoms with E-state index in [1.54, 1.807) is 13.8 Å². The molecule has 0 saturated carbocycles. The normalized spacial score (nSPS) is 7.88. The Kier molecular flexibility index (Phi) is 35.8. The number of ether oxygens (including phenoxy) is 2. The van der Waals surface area contributed by atoms with Crippen LogP contribution in [0.25, 0.3) is 0 Å². The molecule has 0 saturated heterocycles. The SMILES string of the molecule is C/C=C\C=C/C.CCOC#N.CCOC#N. The molecule has 0 N–H and O–H groups in total. The summed E-state index contributed by atoms with van der Waals surface area (Å²) >= 11 is 0. The first-order valence-corrected chi connectivity index (χ1v) is 5.00. The third-order valence-corrected chi connectivity index (χ3v) is 0.914. The minimum Gasteiger partial charge on any atom is -0.428 e. The minimum absolute atomic E-state index is 0.483. The summed E-state index contributed by atoms with van der Waals surface area (Å²) in [5.41, 5.74) is 0. The summed E-state index contributed by atoms with van der Waals surface area (Å²) in [6.07, 6.45) is 11.0. The topological polar surface area (TPSA) is 66.0 Å². The Bertz CT molecular complexity index is 208. The van der Waals surface area contributed by atoms with Gasteiger partial charge in [0.05, 0.1) is 13.2 Å². The van der Waals surface area contributed by atoms with Gasteiger partial charge in [0.25, 0.3) is 12.5 Å². The van der Waals surface area contributed by atoms with E-state index in [1.807, 2.05) is 38.2 Å². The van der Waals surface area contributed by atoms with E-state index in [-0.39, 0.29) is 0 Å². The average molecular weight is 224 g/mol. The van der Waals surface area contributed by atoms with Crippen LogP contribution >= 0.6 is 0 Å². The van der Waals surface area contributed by atoms with Crippen molar-refractivity contribution in [3.05, 3.63) is 24.3 Å². The first kappa shape index (κ1) is 19.6. The van der Waals surface area contributed by atoms with E-state index in [2.05, 4.69) is 9.47 Å². The minimum atomic E-state index is 0.483. The molecule has 0 spiro atoms. The van der Waals surface area contributed by atoms with Crippen LogP contribution in [0.15, 0.2) is 24.3 Å². The van der Waals surface area contributed by atoms with Crippen molar-refractivity contribution in [2.75, 3.05) is 13.2 Å². The summed E-state index contributed by atoms with van der Waals surface area (Å²) in [6.45, 7) is 8.50. The Balaban J connectivity index is -0.000000160. The molecular formula is C12H20N2O2. The maximum absolute atomic E-state index is 7.59. The molecule has 0 bridgehead atoms. The maximum atomic E-state index is 7.59. The van der Waals surface area contributed by atoms with Crippen molar-refractivity contribution in [2.45, 2.75) is 27.7 Å². The quantitative estimate of drug-likeness (QED) is 0.545. The lowest BCUT2D eigenvalue weighted by Gasteiger charge is -1.76. The monoisotopic (exact) mass is 224 g/mol. The van der Waals surface area contributed by atoms with E-state index in [0.717, 1.165) is 0 Å². The largest absolute Gasteiger partial charge is 0.428 e.